The summed E-state index contributed by atoms with van der Waals surface area (Å²) >= 11 is 1.68. The van der Waals surface area contributed by atoms with Crippen LogP contribution in [-0.2, 0) is 6.54 Å². The van der Waals surface area contributed by atoms with Gasteiger partial charge in [0, 0.05) is 26.2 Å². The lowest BCUT2D eigenvalue weighted by Crippen LogP contribution is -2.46. The van der Waals surface area contributed by atoms with Crippen molar-refractivity contribution in [2.24, 2.45) is 0 Å². The molecule has 0 bridgehead atoms. The van der Waals surface area contributed by atoms with Gasteiger partial charge in [0.1, 0.15) is 5.76 Å². The highest BCUT2D eigenvalue weighted by Gasteiger charge is 2.14. The standard InChI is InChI=1S/C22H30N4OS/c1-2-25-13-15-26(16-14-25)12-6-5-11-23-17-18-9-10-20(27-18)22-24-19-7-3-4-8-21(19)28-22/h3-4,7-10,23H,2,5-6,11-17H2,1H3. The first-order valence-electron chi connectivity index (χ1n) is 10.4. The maximum Gasteiger partial charge on any atom is 0.163 e. The molecule has 3 heterocycles. The number of para-hydroxylation sites is 1. The van der Waals surface area contributed by atoms with E-state index in [9.17, 15) is 0 Å². The van der Waals surface area contributed by atoms with Gasteiger partial charge in [-0.3, -0.25) is 0 Å². The molecule has 28 heavy (non-hydrogen) atoms. The highest BCUT2D eigenvalue weighted by molar-refractivity contribution is 7.21. The molecule has 150 valence electrons. The van der Waals surface area contributed by atoms with Crippen LogP contribution in [0.3, 0.4) is 0 Å². The molecular formula is C22H30N4OS. The van der Waals surface area contributed by atoms with Crippen molar-refractivity contribution in [3.8, 4) is 10.8 Å². The lowest BCUT2D eigenvalue weighted by atomic mass is 10.2. The molecule has 1 saturated heterocycles. The molecule has 5 nitrogen and oxygen atoms in total. The van der Waals surface area contributed by atoms with E-state index in [2.05, 4.69) is 39.2 Å². The van der Waals surface area contributed by atoms with E-state index in [1.54, 1.807) is 11.3 Å². The van der Waals surface area contributed by atoms with Gasteiger partial charge in [0.25, 0.3) is 0 Å². The van der Waals surface area contributed by atoms with Crippen molar-refractivity contribution in [2.45, 2.75) is 26.3 Å². The molecule has 0 atom stereocenters. The average molecular weight is 399 g/mol. The molecule has 1 aliphatic heterocycles. The van der Waals surface area contributed by atoms with Crippen molar-refractivity contribution in [3.05, 3.63) is 42.2 Å². The Hall–Kier alpha value is -1.73. The van der Waals surface area contributed by atoms with E-state index >= 15 is 0 Å². The van der Waals surface area contributed by atoms with Crippen LogP contribution in [0.25, 0.3) is 21.0 Å². The van der Waals surface area contributed by atoms with Gasteiger partial charge in [0.05, 0.1) is 16.8 Å². The molecule has 0 spiro atoms. The Kier molecular flexibility index (Phi) is 6.75. The zero-order valence-corrected chi connectivity index (χ0v) is 17.5. The molecule has 0 amide bonds. The predicted molar refractivity (Wildman–Crippen MR) is 117 cm³/mol. The number of rotatable bonds is 9. The van der Waals surface area contributed by atoms with Crippen LogP contribution in [0.5, 0.6) is 0 Å². The van der Waals surface area contributed by atoms with Gasteiger partial charge < -0.3 is 19.5 Å². The molecule has 0 aliphatic carbocycles. The van der Waals surface area contributed by atoms with Crippen molar-refractivity contribution in [3.63, 3.8) is 0 Å². The van der Waals surface area contributed by atoms with E-state index in [4.69, 9.17) is 4.42 Å². The molecular weight excluding hydrogens is 368 g/mol. The highest BCUT2D eigenvalue weighted by atomic mass is 32.1. The molecule has 1 aliphatic rings. The Labute approximate surface area is 171 Å². The maximum atomic E-state index is 5.99. The first-order valence-corrected chi connectivity index (χ1v) is 11.2. The molecule has 2 aromatic heterocycles. The summed E-state index contributed by atoms with van der Waals surface area (Å²) in [5, 5.41) is 4.46. The number of fused-ring (bicyclic) bond motifs is 1. The largest absolute Gasteiger partial charge is 0.457 e. The molecule has 6 heteroatoms. The predicted octanol–water partition coefficient (Wildman–Crippen LogP) is 4.06. The first kappa shape index (κ1) is 19.6. The molecule has 1 aromatic carbocycles. The fourth-order valence-electron chi connectivity index (χ4n) is 3.69. The van der Waals surface area contributed by atoms with Crippen LogP contribution in [0, 0.1) is 0 Å². The molecule has 0 saturated carbocycles. The quantitative estimate of drug-likeness (QED) is 0.551. The summed E-state index contributed by atoms with van der Waals surface area (Å²) in [6.07, 6.45) is 2.47. The minimum absolute atomic E-state index is 0.778. The topological polar surface area (TPSA) is 44.5 Å². The molecule has 3 aromatic rings. The number of furan rings is 1. The number of hydrogen-bond donors (Lipinski definition) is 1. The number of nitrogens with zero attached hydrogens (tertiary/aromatic N) is 3. The van der Waals surface area contributed by atoms with E-state index in [-0.39, 0.29) is 0 Å². The van der Waals surface area contributed by atoms with Gasteiger partial charge in [-0.05, 0) is 56.7 Å². The Morgan fingerprint density at radius 2 is 1.86 bits per heavy atom. The minimum atomic E-state index is 0.778. The van der Waals surface area contributed by atoms with Crippen LogP contribution in [0.1, 0.15) is 25.5 Å². The van der Waals surface area contributed by atoms with Gasteiger partial charge in [-0.25, -0.2) is 4.98 Å². The minimum Gasteiger partial charge on any atom is -0.457 e. The lowest BCUT2D eigenvalue weighted by molar-refractivity contribution is 0.135. The van der Waals surface area contributed by atoms with Gasteiger partial charge in [0.15, 0.2) is 10.8 Å². The number of thiazole rings is 1. The fraction of sp³-hybridized carbons (Fsp3) is 0.500. The molecule has 1 N–H and O–H groups in total. The average Bonchev–Trinajstić information content (AvgIpc) is 3.37. The van der Waals surface area contributed by atoms with Crippen LogP contribution in [-0.4, -0.2) is 60.6 Å². The number of hydrogen-bond acceptors (Lipinski definition) is 6. The van der Waals surface area contributed by atoms with Crippen LogP contribution in [0.2, 0.25) is 0 Å². The number of benzene rings is 1. The van der Waals surface area contributed by atoms with Crippen molar-refractivity contribution in [1.29, 1.82) is 0 Å². The summed E-state index contributed by atoms with van der Waals surface area (Å²) in [5.41, 5.74) is 1.04. The SMILES string of the molecule is CCN1CCN(CCCCNCc2ccc(-c3nc4ccccc4s3)o2)CC1. The number of nitrogens with one attached hydrogen (secondary N) is 1. The zero-order chi connectivity index (χ0) is 19.2. The summed E-state index contributed by atoms with van der Waals surface area (Å²) in [7, 11) is 0. The van der Waals surface area contributed by atoms with Gasteiger partial charge in [-0.1, -0.05) is 19.1 Å². The lowest BCUT2D eigenvalue weighted by Gasteiger charge is -2.33. The Balaban J connectivity index is 1.15. The first-order chi connectivity index (χ1) is 13.8. The number of piperazine rings is 1. The fourth-order valence-corrected chi connectivity index (χ4v) is 4.62. The Morgan fingerprint density at radius 3 is 2.68 bits per heavy atom. The highest BCUT2D eigenvalue weighted by Crippen LogP contribution is 2.31. The van der Waals surface area contributed by atoms with E-state index < -0.39 is 0 Å². The van der Waals surface area contributed by atoms with Crippen molar-refractivity contribution < 1.29 is 4.42 Å². The smallest absolute Gasteiger partial charge is 0.163 e. The van der Waals surface area contributed by atoms with Crippen molar-refractivity contribution in [1.82, 2.24) is 20.1 Å². The second-order valence-electron chi connectivity index (χ2n) is 7.41. The third-order valence-corrected chi connectivity index (χ3v) is 6.51. The second kappa shape index (κ2) is 9.65. The summed E-state index contributed by atoms with van der Waals surface area (Å²) in [6, 6.07) is 12.3. The summed E-state index contributed by atoms with van der Waals surface area (Å²) in [6.45, 7) is 11.4. The van der Waals surface area contributed by atoms with E-state index in [0.29, 0.717) is 0 Å². The summed E-state index contributed by atoms with van der Waals surface area (Å²) in [4.78, 5) is 9.80. The summed E-state index contributed by atoms with van der Waals surface area (Å²) < 4.78 is 7.19. The van der Waals surface area contributed by atoms with Gasteiger partial charge >= 0.3 is 0 Å². The van der Waals surface area contributed by atoms with Crippen molar-refractivity contribution in [2.75, 3.05) is 45.8 Å². The Morgan fingerprint density at radius 1 is 1.04 bits per heavy atom. The van der Waals surface area contributed by atoms with Gasteiger partial charge in [-0.2, -0.15) is 0 Å². The van der Waals surface area contributed by atoms with Crippen LogP contribution >= 0.6 is 11.3 Å². The second-order valence-corrected chi connectivity index (χ2v) is 8.44. The van der Waals surface area contributed by atoms with Crippen LogP contribution < -0.4 is 5.32 Å². The third kappa shape index (κ3) is 5.00. The van der Waals surface area contributed by atoms with Gasteiger partial charge in [0.2, 0.25) is 0 Å². The molecule has 0 radical (unpaired) electrons. The third-order valence-electron chi connectivity index (χ3n) is 5.46. The Bertz CT molecular complexity index is 833. The number of unbranched alkanes of at least 4 members (excludes halogenated alkanes) is 1. The summed E-state index contributed by atoms with van der Waals surface area (Å²) in [5.74, 6) is 1.84. The van der Waals surface area contributed by atoms with Crippen molar-refractivity contribution >= 4 is 21.6 Å². The normalized spacial score (nSPS) is 16.2. The molecule has 4 rings (SSSR count). The number of likely N-dealkylation sites (N-methyl/N-ethyl adjacent to an activating group) is 1. The van der Waals surface area contributed by atoms with Crippen LogP contribution in [0.4, 0.5) is 0 Å². The van der Waals surface area contributed by atoms with Crippen LogP contribution in [0.15, 0.2) is 40.8 Å². The van der Waals surface area contributed by atoms with E-state index in [1.165, 1.54) is 56.8 Å². The zero-order valence-electron chi connectivity index (χ0n) is 16.7. The van der Waals surface area contributed by atoms with E-state index in [0.717, 1.165) is 35.1 Å². The monoisotopic (exact) mass is 398 g/mol. The maximum absolute atomic E-state index is 5.99. The van der Waals surface area contributed by atoms with E-state index in [1.807, 2.05) is 24.3 Å². The number of aromatic nitrogens is 1. The van der Waals surface area contributed by atoms with Gasteiger partial charge in [-0.15, -0.1) is 11.3 Å². The molecule has 1 fully saturated rings. The molecule has 0 unspecified atom stereocenters.